The van der Waals surface area contributed by atoms with Crippen LogP contribution in [0.4, 0.5) is 0 Å². The largest absolute Gasteiger partial charge is 0.478 e. The number of aryl methyl sites for hydroxylation is 1. The monoisotopic (exact) mass is 208 g/mol. The minimum Gasteiger partial charge on any atom is -0.478 e. The van der Waals surface area contributed by atoms with Crippen LogP contribution in [-0.4, -0.2) is 21.3 Å². The molecule has 0 saturated carbocycles. The Labute approximate surface area is 84.2 Å². The van der Waals surface area contributed by atoms with Gasteiger partial charge in [0, 0.05) is 11.1 Å². The minimum absolute atomic E-state index is 0.311. The number of aromatic carboxylic acids is 1. The van der Waals surface area contributed by atoms with Crippen LogP contribution in [0.1, 0.15) is 16.1 Å². The first-order chi connectivity index (χ1) is 6.66. The van der Waals surface area contributed by atoms with Gasteiger partial charge in [0.25, 0.3) is 0 Å². The zero-order valence-electron chi connectivity index (χ0n) is 7.44. The molecule has 0 fully saturated rings. The Morgan fingerprint density at radius 2 is 2.36 bits per heavy atom. The summed E-state index contributed by atoms with van der Waals surface area (Å²) < 4.78 is 0. The third-order valence-corrected chi connectivity index (χ3v) is 2.76. The van der Waals surface area contributed by atoms with Crippen LogP contribution in [0.3, 0.4) is 0 Å². The standard InChI is InChI=1S/C9H8N2O2S/c1-5-2-7(11-10-5)8-3-6(4-14-8)9(12)13/h2-4H,1H3,(H,10,11)(H,12,13). The van der Waals surface area contributed by atoms with Crippen LogP contribution in [0, 0.1) is 6.92 Å². The molecule has 0 unspecified atom stereocenters. The van der Waals surface area contributed by atoms with E-state index in [4.69, 9.17) is 5.11 Å². The zero-order valence-corrected chi connectivity index (χ0v) is 8.26. The van der Waals surface area contributed by atoms with Crippen LogP contribution < -0.4 is 0 Å². The van der Waals surface area contributed by atoms with E-state index in [-0.39, 0.29) is 0 Å². The summed E-state index contributed by atoms with van der Waals surface area (Å²) in [4.78, 5) is 11.5. The first-order valence-corrected chi connectivity index (χ1v) is 4.89. The van der Waals surface area contributed by atoms with Gasteiger partial charge in [-0.2, -0.15) is 5.10 Å². The molecule has 0 aromatic carbocycles. The highest BCUT2D eigenvalue weighted by Crippen LogP contribution is 2.25. The van der Waals surface area contributed by atoms with E-state index < -0.39 is 5.97 Å². The predicted molar refractivity (Wildman–Crippen MR) is 53.6 cm³/mol. The van der Waals surface area contributed by atoms with Crippen LogP contribution in [0.15, 0.2) is 17.5 Å². The van der Waals surface area contributed by atoms with Gasteiger partial charge in [0.15, 0.2) is 0 Å². The van der Waals surface area contributed by atoms with Crippen molar-refractivity contribution < 1.29 is 9.90 Å². The van der Waals surface area contributed by atoms with Crippen molar-refractivity contribution in [1.82, 2.24) is 10.2 Å². The normalized spacial score (nSPS) is 10.4. The first-order valence-electron chi connectivity index (χ1n) is 4.01. The highest BCUT2D eigenvalue weighted by Gasteiger charge is 2.09. The number of H-pyrrole nitrogens is 1. The van der Waals surface area contributed by atoms with E-state index in [1.165, 1.54) is 11.3 Å². The van der Waals surface area contributed by atoms with E-state index >= 15 is 0 Å². The molecule has 0 aliphatic carbocycles. The number of nitrogens with zero attached hydrogens (tertiary/aromatic N) is 1. The third-order valence-electron chi connectivity index (χ3n) is 1.80. The molecule has 0 atom stereocenters. The van der Waals surface area contributed by atoms with Crippen LogP contribution >= 0.6 is 11.3 Å². The number of carbonyl (C=O) groups is 1. The lowest BCUT2D eigenvalue weighted by atomic mass is 10.2. The third kappa shape index (κ3) is 1.54. The van der Waals surface area contributed by atoms with Crippen molar-refractivity contribution in [3.05, 3.63) is 28.8 Å². The predicted octanol–water partition coefficient (Wildman–Crippen LogP) is 2.14. The molecule has 2 aromatic heterocycles. The van der Waals surface area contributed by atoms with Crippen molar-refractivity contribution in [2.45, 2.75) is 6.92 Å². The van der Waals surface area contributed by atoms with Gasteiger partial charge in [0.2, 0.25) is 0 Å². The number of carboxylic acid groups (broad SMARTS) is 1. The van der Waals surface area contributed by atoms with Gasteiger partial charge in [-0.1, -0.05) is 0 Å². The number of aromatic amines is 1. The number of hydrogen-bond donors (Lipinski definition) is 2. The molecule has 0 saturated heterocycles. The van der Waals surface area contributed by atoms with E-state index in [0.717, 1.165) is 16.3 Å². The second-order valence-corrected chi connectivity index (χ2v) is 3.85. The van der Waals surface area contributed by atoms with Crippen molar-refractivity contribution in [1.29, 1.82) is 0 Å². The molecule has 0 aliphatic heterocycles. The van der Waals surface area contributed by atoms with E-state index in [1.54, 1.807) is 11.4 Å². The summed E-state index contributed by atoms with van der Waals surface area (Å²) in [5.41, 5.74) is 2.07. The summed E-state index contributed by atoms with van der Waals surface area (Å²) >= 11 is 1.38. The van der Waals surface area contributed by atoms with Gasteiger partial charge in [0.1, 0.15) is 5.69 Å². The number of nitrogens with one attached hydrogen (secondary N) is 1. The second-order valence-electron chi connectivity index (χ2n) is 2.94. The van der Waals surface area contributed by atoms with Crippen LogP contribution in [0.5, 0.6) is 0 Å². The Hall–Kier alpha value is -1.62. The Morgan fingerprint density at radius 3 is 2.86 bits per heavy atom. The molecular weight excluding hydrogens is 200 g/mol. The summed E-state index contributed by atoms with van der Waals surface area (Å²) in [7, 11) is 0. The molecule has 14 heavy (non-hydrogen) atoms. The Bertz CT molecular complexity index is 473. The molecule has 0 bridgehead atoms. The molecule has 0 radical (unpaired) electrons. The van der Waals surface area contributed by atoms with Gasteiger partial charge in [-0.25, -0.2) is 4.79 Å². The average molecular weight is 208 g/mol. The van der Waals surface area contributed by atoms with E-state index in [9.17, 15) is 4.79 Å². The SMILES string of the molecule is Cc1cc(-c2cc(C(=O)O)cs2)n[nH]1. The van der Waals surface area contributed by atoms with E-state index in [1.807, 2.05) is 13.0 Å². The summed E-state index contributed by atoms with van der Waals surface area (Å²) in [6, 6.07) is 3.51. The molecule has 2 heterocycles. The molecule has 0 spiro atoms. The minimum atomic E-state index is -0.903. The summed E-state index contributed by atoms with van der Waals surface area (Å²) in [6.45, 7) is 1.90. The molecule has 2 rings (SSSR count). The van der Waals surface area contributed by atoms with E-state index in [0.29, 0.717) is 5.56 Å². The van der Waals surface area contributed by atoms with Gasteiger partial charge in [-0.15, -0.1) is 11.3 Å². The van der Waals surface area contributed by atoms with Crippen molar-refractivity contribution in [2.75, 3.05) is 0 Å². The molecule has 5 heteroatoms. The van der Waals surface area contributed by atoms with Crippen molar-refractivity contribution in [2.24, 2.45) is 0 Å². The average Bonchev–Trinajstić information content (AvgIpc) is 2.70. The number of rotatable bonds is 2. The maximum absolute atomic E-state index is 10.6. The van der Waals surface area contributed by atoms with Crippen molar-refractivity contribution >= 4 is 17.3 Å². The molecule has 0 amide bonds. The van der Waals surface area contributed by atoms with Crippen molar-refractivity contribution in [3.63, 3.8) is 0 Å². The summed E-state index contributed by atoms with van der Waals surface area (Å²) in [6.07, 6.45) is 0. The fourth-order valence-corrected chi connectivity index (χ4v) is 1.97. The molecule has 2 aromatic rings. The number of hydrogen-bond acceptors (Lipinski definition) is 3. The highest BCUT2D eigenvalue weighted by molar-refractivity contribution is 7.13. The lowest BCUT2D eigenvalue weighted by Gasteiger charge is -1.85. The molecule has 4 nitrogen and oxygen atoms in total. The van der Waals surface area contributed by atoms with Gasteiger partial charge in [0.05, 0.1) is 10.4 Å². The number of carboxylic acids is 1. The Morgan fingerprint density at radius 1 is 1.57 bits per heavy atom. The first kappa shape index (κ1) is 8.96. The van der Waals surface area contributed by atoms with Gasteiger partial charge < -0.3 is 5.11 Å². The maximum Gasteiger partial charge on any atom is 0.336 e. The van der Waals surface area contributed by atoms with E-state index in [2.05, 4.69) is 10.2 Å². The number of aromatic nitrogens is 2. The zero-order chi connectivity index (χ0) is 10.1. The van der Waals surface area contributed by atoms with Gasteiger partial charge in [-0.3, -0.25) is 5.10 Å². The molecular formula is C9H8N2O2S. The maximum atomic E-state index is 10.6. The fraction of sp³-hybridized carbons (Fsp3) is 0.111. The second kappa shape index (κ2) is 3.26. The molecule has 72 valence electrons. The number of thiophene rings is 1. The summed E-state index contributed by atoms with van der Waals surface area (Å²) in [5, 5.41) is 17.2. The quantitative estimate of drug-likeness (QED) is 0.794. The van der Waals surface area contributed by atoms with Crippen molar-refractivity contribution in [3.8, 4) is 10.6 Å². The molecule has 0 aliphatic rings. The van der Waals surface area contributed by atoms with Crippen LogP contribution in [-0.2, 0) is 0 Å². The smallest absolute Gasteiger partial charge is 0.336 e. The Balaban J connectivity index is 2.38. The lowest BCUT2D eigenvalue weighted by Crippen LogP contribution is -1.91. The van der Waals surface area contributed by atoms with Gasteiger partial charge in [-0.05, 0) is 19.1 Å². The highest BCUT2D eigenvalue weighted by atomic mass is 32.1. The Kier molecular flexibility index (Phi) is 2.09. The van der Waals surface area contributed by atoms with Gasteiger partial charge >= 0.3 is 5.97 Å². The van der Waals surface area contributed by atoms with Crippen LogP contribution in [0.25, 0.3) is 10.6 Å². The topological polar surface area (TPSA) is 66.0 Å². The summed E-state index contributed by atoms with van der Waals surface area (Å²) in [5.74, 6) is -0.903. The lowest BCUT2D eigenvalue weighted by molar-refractivity contribution is 0.0697. The van der Waals surface area contributed by atoms with Crippen LogP contribution in [0.2, 0.25) is 0 Å². The fourth-order valence-electron chi connectivity index (χ4n) is 1.13. The molecule has 2 N–H and O–H groups in total.